The summed E-state index contributed by atoms with van der Waals surface area (Å²) in [7, 11) is 0. The number of fused-ring (bicyclic) bond motifs is 2. The topological polar surface area (TPSA) is 0 Å². The van der Waals surface area contributed by atoms with E-state index in [9.17, 15) is 0 Å². The lowest BCUT2D eigenvalue weighted by molar-refractivity contribution is 0.250. The fourth-order valence-electron chi connectivity index (χ4n) is 4.22. The Morgan fingerprint density at radius 2 is 1.00 bits per heavy atom. The van der Waals surface area contributed by atoms with Crippen molar-refractivity contribution in [3.05, 3.63) is 0 Å². The van der Waals surface area contributed by atoms with E-state index < -0.39 is 0 Å². The van der Waals surface area contributed by atoms with E-state index in [1.165, 1.54) is 64.2 Å². The van der Waals surface area contributed by atoms with Crippen LogP contribution in [0.4, 0.5) is 0 Å². The third kappa shape index (κ3) is 5.33. The van der Waals surface area contributed by atoms with E-state index in [-0.39, 0.29) is 0 Å². The monoisotopic (exact) mass is 250 g/mol. The molecule has 18 heavy (non-hydrogen) atoms. The summed E-state index contributed by atoms with van der Waals surface area (Å²) in [5.74, 6) is 3.16. The molecule has 2 saturated carbocycles. The molecule has 0 N–H and O–H groups in total. The summed E-state index contributed by atoms with van der Waals surface area (Å²) in [6.45, 7) is 2.49. The average Bonchev–Trinajstić information content (AvgIpc) is 2.39. The van der Waals surface area contributed by atoms with Crippen LogP contribution in [0.5, 0.6) is 0 Å². The van der Waals surface area contributed by atoms with E-state index in [1.54, 1.807) is 25.7 Å². The summed E-state index contributed by atoms with van der Waals surface area (Å²) in [5.41, 5.74) is 0. The number of rotatable bonds is 0. The molecule has 0 aromatic carbocycles. The highest BCUT2D eigenvalue weighted by Gasteiger charge is 2.19. The highest BCUT2D eigenvalue weighted by molar-refractivity contribution is 4.72. The minimum absolute atomic E-state index is 0.997. The lowest BCUT2D eigenvalue weighted by Gasteiger charge is -2.27. The molecule has 2 aliphatic carbocycles. The van der Waals surface area contributed by atoms with Crippen LogP contribution in [-0.2, 0) is 0 Å². The van der Waals surface area contributed by atoms with Gasteiger partial charge in [0.25, 0.3) is 0 Å². The molecule has 106 valence electrons. The molecule has 3 unspecified atom stereocenters. The summed E-state index contributed by atoms with van der Waals surface area (Å²) in [6, 6.07) is 0. The van der Waals surface area contributed by atoms with Gasteiger partial charge in [-0.3, -0.25) is 0 Å². The summed E-state index contributed by atoms with van der Waals surface area (Å²) in [5, 5.41) is 0. The van der Waals surface area contributed by atoms with E-state index >= 15 is 0 Å². The molecule has 0 heterocycles. The third-order valence-corrected chi connectivity index (χ3v) is 5.52. The van der Waals surface area contributed by atoms with Gasteiger partial charge in [0.15, 0.2) is 0 Å². The lowest BCUT2D eigenvalue weighted by atomic mass is 9.78. The summed E-state index contributed by atoms with van der Waals surface area (Å²) >= 11 is 0. The quantitative estimate of drug-likeness (QED) is 0.470. The van der Waals surface area contributed by atoms with Crippen molar-refractivity contribution < 1.29 is 0 Å². The molecule has 2 rings (SSSR count). The zero-order chi connectivity index (χ0) is 12.6. The van der Waals surface area contributed by atoms with Gasteiger partial charge in [0.05, 0.1) is 0 Å². The van der Waals surface area contributed by atoms with Gasteiger partial charge in [0.1, 0.15) is 0 Å². The van der Waals surface area contributed by atoms with Gasteiger partial charge in [-0.2, -0.15) is 0 Å². The molecule has 0 nitrogen and oxygen atoms in total. The number of hydrogen-bond acceptors (Lipinski definition) is 0. The fourth-order valence-corrected chi connectivity index (χ4v) is 4.22. The van der Waals surface area contributed by atoms with Crippen molar-refractivity contribution in [2.75, 3.05) is 0 Å². The van der Waals surface area contributed by atoms with Crippen LogP contribution in [0, 0.1) is 17.8 Å². The van der Waals surface area contributed by atoms with Gasteiger partial charge in [0, 0.05) is 0 Å². The van der Waals surface area contributed by atoms with Crippen LogP contribution < -0.4 is 0 Å². The van der Waals surface area contributed by atoms with Crippen LogP contribution in [0.1, 0.15) is 96.8 Å². The molecular formula is C18H34. The Kier molecular flexibility index (Phi) is 6.59. The third-order valence-electron chi connectivity index (χ3n) is 5.52. The van der Waals surface area contributed by atoms with Gasteiger partial charge in [0.2, 0.25) is 0 Å². The summed E-state index contributed by atoms with van der Waals surface area (Å²) in [4.78, 5) is 0. The summed E-state index contributed by atoms with van der Waals surface area (Å²) < 4.78 is 0. The Labute approximate surface area is 115 Å². The Morgan fingerprint density at radius 1 is 0.500 bits per heavy atom. The lowest BCUT2D eigenvalue weighted by Crippen LogP contribution is -2.14. The Balaban J connectivity index is 1.90. The van der Waals surface area contributed by atoms with E-state index in [1.807, 2.05) is 0 Å². The Morgan fingerprint density at radius 3 is 1.72 bits per heavy atom. The molecule has 0 aromatic rings. The molecule has 2 aliphatic rings. The molecule has 0 heteroatoms. The Hall–Kier alpha value is 0. The smallest absolute Gasteiger partial charge is 0.0412 e. The molecule has 0 amide bonds. The van der Waals surface area contributed by atoms with E-state index in [0.29, 0.717) is 0 Å². The van der Waals surface area contributed by atoms with Crippen molar-refractivity contribution in [1.29, 1.82) is 0 Å². The summed E-state index contributed by atoms with van der Waals surface area (Å²) in [6.07, 6.45) is 21.4. The van der Waals surface area contributed by atoms with Crippen LogP contribution in [0.2, 0.25) is 0 Å². The van der Waals surface area contributed by atoms with Crippen molar-refractivity contribution in [3.8, 4) is 0 Å². The first-order valence-electron chi connectivity index (χ1n) is 8.84. The molecular weight excluding hydrogens is 216 g/mol. The molecule has 0 aliphatic heterocycles. The largest absolute Gasteiger partial charge is 0.0625 e. The minimum atomic E-state index is 0.997. The van der Waals surface area contributed by atoms with E-state index in [0.717, 1.165) is 17.8 Å². The molecule has 0 radical (unpaired) electrons. The van der Waals surface area contributed by atoms with Crippen LogP contribution in [-0.4, -0.2) is 0 Å². The normalized spacial score (nSPS) is 36.8. The van der Waals surface area contributed by atoms with Gasteiger partial charge >= 0.3 is 0 Å². The standard InChI is InChI=1S/C18H34/c1-16-9-7-8-12-17-10-5-3-2-4-6-11-18(15-17)14-13-16/h16-18H,2-15H2,1H3. The van der Waals surface area contributed by atoms with Crippen molar-refractivity contribution in [2.45, 2.75) is 96.8 Å². The fraction of sp³-hybridized carbons (Fsp3) is 1.00. The van der Waals surface area contributed by atoms with Gasteiger partial charge in [-0.15, -0.1) is 0 Å². The second-order valence-corrected chi connectivity index (χ2v) is 7.28. The van der Waals surface area contributed by atoms with Crippen LogP contribution >= 0.6 is 0 Å². The van der Waals surface area contributed by atoms with Crippen molar-refractivity contribution >= 4 is 0 Å². The molecule has 3 atom stereocenters. The van der Waals surface area contributed by atoms with E-state index in [4.69, 9.17) is 0 Å². The minimum Gasteiger partial charge on any atom is -0.0625 e. The highest BCUT2D eigenvalue weighted by Crippen LogP contribution is 2.34. The molecule has 0 saturated heterocycles. The second-order valence-electron chi connectivity index (χ2n) is 7.28. The number of hydrogen-bond donors (Lipinski definition) is 0. The second kappa shape index (κ2) is 8.23. The zero-order valence-electron chi connectivity index (χ0n) is 12.6. The molecule has 0 spiro atoms. The van der Waals surface area contributed by atoms with Gasteiger partial charge in [-0.1, -0.05) is 90.4 Å². The van der Waals surface area contributed by atoms with Gasteiger partial charge in [-0.05, 0) is 24.2 Å². The maximum Gasteiger partial charge on any atom is -0.0412 e. The molecule has 0 aromatic heterocycles. The molecule has 2 bridgehead atoms. The van der Waals surface area contributed by atoms with Crippen LogP contribution in [0.3, 0.4) is 0 Å². The van der Waals surface area contributed by atoms with Gasteiger partial charge in [-0.25, -0.2) is 0 Å². The Bertz CT molecular complexity index is 208. The predicted octanol–water partition coefficient (Wildman–Crippen LogP) is 6.34. The van der Waals surface area contributed by atoms with Crippen molar-refractivity contribution in [3.63, 3.8) is 0 Å². The first-order valence-corrected chi connectivity index (χ1v) is 8.84. The maximum absolute atomic E-state index is 2.49. The SMILES string of the molecule is CC1CCCCC2CCCCCCCC(CC1)C2. The van der Waals surface area contributed by atoms with Crippen LogP contribution in [0.15, 0.2) is 0 Å². The van der Waals surface area contributed by atoms with E-state index in [2.05, 4.69) is 6.92 Å². The first kappa shape index (κ1) is 14.4. The maximum atomic E-state index is 2.49. The van der Waals surface area contributed by atoms with Crippen molar-refractivity contribution in [1.82, 2.24) is 0 Å². The van der Waals surface area contributed by atoms with Gasteiger partial charge < -0.3 is 0 Å². The molecule has 2 fully saturated rings. The average molecular weight is 250 g/mol. The highest BCUT2D eigenvalue weighted by atomic mass is 14.3. The van der Waals surface area contributed by atoms with Crippen LogP contribution in [0.25, 0.3) is 0 Å². The first-order chi connectivity index (χ1) is 8.84. The predicted molar refractivity (Wildman–Crippen MR) is 80.8 cm³/mol. The zero-order valence-corrected chi connectivity index (χ0v) is 12.6. The van der Waals surface area contributed by atoms with Crippen molar-refractivity contribution in [2.24, 2.45) is 17.8 Å².